The first-order valence-electron chi connectivity index (χ1n) is 8.27. The van der Waals surface area contributed by atoms with Crippen LogP contribution in [0, 0.1) is 0 Å². The molecule has 120 valence electrons. The van der Waals surface area contributed by atoms with E-state index in [1.807, 2.05) is 70.5 Å². The van der Waals surface area contributed by atoms with Gasteiger partial charge in [0.05, 0.1) is 6.04 Å². The van der Waals surface area contributed by atoms with Gasteiger partial charge in [-0.25, -0.2) is 0 Å². The number of carbonyl (C=O) groups is 1. The van der Waals surface area contributed by atoms with Crippen molar-refractivity contribution >= 4 is 5.91 Å². The molecule has 1 saturated heterocycles. The number of aromatic nitrogens is 2. The van der Waals surface area contributed by atoms with Gasteiger partial charge in [-0.1, -0.05) is 12.1 Å². The highest BCUT2D eigenvalue weighted by atomic mass is 16.2. The summed E-state index contributed by atoms with van der Waals surface area (Å²) in [5, 5.41) is 0. The summed E-state index contributed by atoms with van der Waals surface area (Å²) in [5.41, 5.74) is 2.85. The first-order chi connectivity index (χ1) is 11.8. The number of amides is 1. The zero-order valence-corrected chi connectivity index (χ0v) is 13.4. The summed E-state index contributed by atoms with van der Waals surface area (Å²) >= 11 is 0. The van der Waals surface area contributed by atoms with Gasteiger partial charge in [0.1, 0.15) is 0 Å². The van der Waals surface area contributed by atoms with E-state index in [4.69, 9.17) is 0 Å². The van der Waals surface area contributed by atoms with Crippen molar-refractivity contribution in [3.63, 3.8) is 0 Å². The van der Waals surface area contributed by atoms with Crippen LogP contribution in [0.25, 0.3) is 5.69 Å². The van der Waals surface area contributed by atoms with Crippen LogP contribution >= 0.6 is 0 Å². The molecule has 0 radical (unpaired) electrons. The lowest BCUT2D eigenvalue weighted by Crippen LogP contribution is -2.30. The minimum atomic E-state index is 0.0929. The van der Waals surface area contributed by atoms with Crippen LogP contribution in [0.5, 0.6) is 0 Å². The molecule has 24 heavy (non-hydrogen) atoms. The molecule has 0 saturated carbocycles. The Bertz CT molecular complexity index is 827. The smallest absolute Gasteiger partial charge is 0.254 e. The lowest BCUT2D eigenvalue weighted by Gasteiger charge is -2.25. The second-order valence-corrected chi connectivity index (χ2v) is 6.08. The van der Waals surface area contributed by atoms with E-state index in [1.165, 1.54) is 0 Å². The Morgan fingerprint density at radius 1 is 1.08 bits per heavy atom. The van der Waals surface area contributed by atoms with Crippen molar-refractivity contribution in [3.05, 3.63) is 84.4 Å². The van der Waals surface area contributed by atoms with Gasteiger partial charge in [-0.15, -0.1) is 0 Å². The molecule has 1 aliphatic rings. The molecule has 0 aliphatic carbocycles. The van der Waals surface area contributed by atoms with E-state index < -0.39 is 0 Å². The van der Waals surface area contributed by atoms with E-state index in [0.29, 0.717) is 0 Å². The molecule has 0 N–H and O–H groups in total. The van der Waals surface area contributed by atoms with Crippen LogP contribution in [-0.4, -0.2) is 26.9 Å². The fraction of sp³-hybridized carbons (Fsp3) is 0.200. The molecule has 4 nitrogen and oxygen atoms in total. The van der Waals surface area contributed by atoms with E-state index in [0.717, 1.165) is 36.2 Å². The van der Waals surface area contributed by atoms with Crippen LogP contribution in [0.2, 0.25) is 0 Å². The SMILES string of the molecule is O=C(c1cccc(-n2cccc2)c1)N1CCCC1c1cccnc1. The topological polar surface area (TPSA) is 38.1 Å². The maximum atomic E-state index is 13.0. The number of hydrogen-bond donors (Lipinski definition) is 0. The Morgan fingerprint density at radius 3 is 2.75 bits per heavy atom. The third-order valence-corrected chi connectivity index (χ3v) is 4.58. The fourth-order valence-corrected chi connectivity index (χ4v) is 3.40. The maximum absolute atomic E-state index is 13.0. The van der Waals surface area contributed by atoms with Crippen LogP contribution in [0.1, 0.15) is 34.8 Å². The van der Waals surface area contributed by atoms with Crippen molar-refractivity contribution in [3.8, 4) is 5.69 Å². The van der Waals surface area contributed by atoms with Crippen molar-refractivity contribution in [1.82, 2.24) is 14.5 Å². The zero-order valence-electron chi connectivity index (χ0n) is 13.4. The highest BCUT2D eigenvalue weighted by Crippen LogP contribution is 2.32. The number of pyridine rings is 1. The zero-order chi connectivity index (χ0) is 16.4. The molecule has 2 aromatic heterocycles. The first kappa shape index (κ1) is 14.7. The van der Waals surface area contributed by atoms with Gasteiger partial charge in [0.2, 0.25) is 0 Å². The molecule has 1 unspecified atom stereocenters. The molecule has 4 heteroatoms. The van der Waals surface area contributed by atoms with E-state index >= 15 is 0 Å². The number of hydrogen-bond acceptors (Lipinski definition) is 2. The minimum Gasteiger partial charge on any atom is -0.332 e. The average Bonchev–Trinajstić information content (AvgIpc) is 3.34. The van der Waals surface area contributed by atoms with E-state index in [2.05, 4.69) is 11.1 Å². The molecule has 1 amide bonds. The second-order valence-electron chi connectivity index (χ2n) is 6.08. The van der Waals surface area contributed by atoms with Crippen molar-refractivity contribution < 1.29 is 4.79 Å². The third-order valence-electron chi connectivity index (χ3n) is 4.58. The Kier molecular flexibility index (Phi) is 3.87. The Morgan fingerprint density at radius 2 is 1.96 bits per heavy atom. The van der Waals surface area contributed by atoms with Gasteiger partial charge in [0, 0.05) is 42.6 Å². The van der Waals surface area contributed by atoms with Crippen molar-refractivity contribution in [2.45, 2.75) is 18.9 Å². The highest BCUT2D eigenvalue weighted by Gasteiger charge is 2.30. The van der Waals surface area contributed by atoms with Crippen LogP contribution in [0.15, 0.2) is 73.3 Å². The molecular weight excluding hydrogens is 298 g/mol. The number of likely N-dealkylation sites (tertiary alicyclic amines) is 1. The predicted octanol–water partition coefficient (Wildman–Crippen LogP) is 3.85. The molecule has 0 spiro atoms. The second kappa shape index (κ2) is 6.32. The fourth-order valence-electron chi connectivity index (χ4n) is 3.40. The van der Waals surface area contributed by atoms with Crippen LogP contribution in [-0.2, 0) is 0 Å². The summed E-state index contributed by atoms with van der Waals surface area (Å²) in [7, 11) is 0. The van der Waals surface area contributed by atoms with Gasteiger partial charge in [0.15, 0.2) is 0 Å². The monoisotopic (exact) mass is 317 g/mol. The lowest BCUT2D eigenvalue weighted by molar-refractivity contribution is 0.0735. The van der Waals surface area contributed by atoms with E-state index in [9.17, 15) is 4.79 Å². The number of rotatable bonds is 3. The number of carbonyl (C=O) groups excluding carboxylic acids is 1. The molecule has 0 bridgehead atoms. The molecular formula is C20H19N3O. The van der Waals surface area contributed by atoms with Crippen molar-refractivity contribution in [2.24, 2.45) is 0 Å². The summed E-state index contributed by atoms with van der Waals surface area (Å²) in [6.45, 7) is 0.798. The molecule has 1 aliphatic heterocycles. The van der Waals surface area contributed by atoms with E-state index in [1.54, 1.807) is 6.20 Å². The first-order valence-corrected chi connectivity index (χ1v) is 8.27. The third kappa shape index (κ3) is 2.71. The normalized spacial score (nSPS) is 17.2. The van der Waals surface area contributed by atoms with E-state index in [-0.39, 0.29) is 11.9 Å². The van der Waals surface area contributed by atoms with Crippen LogP contribution < -0.4 is 0 Å². The molecule has 3 heterocycles. The van der Waals surface area contributed by atoms with Crippen LogP contribution in [0.3, 0.4) is 0 Å². The number of nitrogens with zero attached hydrogens (tertiary/aromatic N) is 3. The molecule has 1 fully saturated rings. The highest BCUT2D eigenvalue weighted by molar-refractivity contribution is 5.95. The summed E-state index contributed by atoms with van der Waals surface area (Å²) in [4.78, 5) is 19.2. The average molecular weight is 317 g/mol. The van der Waals surface area contributed by atoms with Gasteiger partial charge in [-0.2, -0.15) is 0 Å². The summed E-state index contributed by atoms with van der Waals surface area (Å²) in [6, 6.07) is 15.9. The Hall–Kier alpha value is -2.88. The Balaban J connectivity index is 1.62. The molecule has 1 atom stereocenters. The quantitative estimate of drug-likeness (QED) is 0.736. The number of benzene rings is 1. The lowest BCUT2D eigenvalue weighted by atomic mass is 10.1. The van der Waals surface area contributed by atoms with Gasteiger partial charge >= 0.3 is 0 Å². The van der Waals surface area contributed by atoms with Gasteiger partial charge in [-0.05, 0) is 54.8 Å². The van der Waals surface area contributed by atoms with Gasteiger partial charge in [0.25, 0.3) is 5.91 Å². The predicted molar refractivity (Wildman–Crippen MR) is 93.0 cm³/mol. The minimum absolute atomic E-state index is 0.0929. The van der Waals surface area contributed by atoms with Crippen molar-refractivity contribution in [1.29, 1.82) is 0 Å². The summed E-state index contributed by atoms with van der Waals surface area (Å²) < 4.78 is 2.01. The maximum Gasteiger partial charge on any atom is 0.254 e. The molecule has 3 aromatic rings. The van der Waals surface area contributed by atoms with Crippen LogP contribution in [0.4, 0.5) is 0 Å². The Labute approximate surface area is 141 Å². The molecule has 4 rings (SSSR count). The van der Waals surface area contributed by atoms with Gasteiger partial charge in [-0.3, -0.25) is 9.78 Å². The van der Waals surface area contributed by atoms with Gasteiger partial charge < -0.3 is 9.47 Å². The van der Waals surface area contributed by atoms with Crippen molar-refractivity contribution in [2.75, 3.05) is 6.54 Å². The largest absolute Gasteiger partial charge is 0.332 e. The summed E-state index contributed by atoms with van der Waals surface area (Å²) in [6.07, 6.45) is 9.63. The molecule has 1 aromatic carbocycles. The standard InChI is InChI=1S/C20H19N3O/c24-20(16-6-3-8-18(14-16)22-11-1-2-12-22)23-13-5-9-19(23)17-7-4-10-21-15-17/h1-4,6-8,10-12,14-15,19H,5,9,13H2. The summed E-state index contributed by atoms with van der Waals surface area (Å²) in [5.74, 6) is 0.0929.